The molecule has 1 rings (SSSR count). The van der Waals surface area contributed by atoms with E-state index in [4.69, 9.17) is 10.4 Å². The summed E-state index contributed by atoms with van der Waals surface area (Å²) in [6, 6.07) is 7.73. The van der Waals surface area contributed by atoms with Crippen LogP contribution in [-0.2, 0) is 0 Å². The van der Waals surface area contributed by atoms with Gasteiger partial charge in [-0.05, 0) is 30.5 Å². The van der Waals surface area contributed by atoms with Crippen LogP contribution in [0, 0.1) is 17.2 Å². The molecule has 0 saturated carbocycles. The highest BCUT2D eigenvalue weighted by Gasteiger charge is 2.05. The molecule has 4 heteroatoms. The number of benzene rings is 1. The van der Waals surface area contributed by atoms with Gasteiger partial charge in [-0.1, -0.05) is 22.9 Å². The minimum atomic E-state index is 0.203. The molecule has 0 aliphatic rings. The van der Waals surface area contributed by atoms with Gasteiger partial charge in [-0.15, -0.1) is 0 Å². The zero-order valence-electron chi connectivity index (χ0n) is 9.20. The third-order valence-corrected chi connectivity index (χ3v) is 2.86. The normalized spacial score (nSPS) is 11.9. The number of nitrogens with zero attached hydrogens (tertiary/aromatic N) is 1. The molecule has 0 radical (unpaired) electrons. The monoisotopic (exact) mass is 282 g/mol. The molecule has 0 aromatic heterocycles. The van der Waals surface area contributed by atoms with Crippen molar-refractivity contribution in [2.45, 2.75) is 13.3 Å². The Labute approximate surface area is 104 Å². The van der Waals surface area contributed by atoms with Gasteiger partial charge in [0.15, 0.2) is 0 Å². The summed E-state index contributed by atoms with van der Waals surface area (Å²) in [5.41, 5.74) is 1.47. The van der Waals surface area contributed by atoms with Crippen LogP contribution in [0.5, 0.6) is 0 Å². The van der Waals surface area contributed by atoms with Crippen LogP contribution in [-0.4, -0.2) is 18.3 Å². The van der Waals surface area contributed by atoms with E-state index in [2.05, 4.69) is 34.2 Å². The van der Waals surface area contributed by atoms with Crippen molar-refractivity contribution >= 4 is 21.6 Å². The van der Waals surface area contributed by atoms with Crippen molar-refractivity contribution in [1.29, 1.82) is 5.26 Å². The number of aliphatic hydroxyl groups is 1. The molecule has 1 atom stereocenters. The number of hydrogen-bond acceptors (Lipinski definition) is 3. The molecule has 0 aliphatic carbocycles. The molecule has 1 aromatic rings. The molecule has 2 N–H and O–H groups in total. The molecule has 3 nitrogen and oxygen atoms in total. The Morgan fingerprint density at radius 3 is 2.94 bits per heavy atom. The maximum Gasteiger partial charge on any atom is 0.101 e. The highest BCUT2D eigenvalue weighted by atomic mass is 79.9. The molecule has 0 amide bonds. The summed E-state index contributed by atoms with van der Waals surface area (Å²) in [6.45, 7) is 3.03. The summed E-state index contributed by atoms with van der Waals surface area (Å²) in [5, 5.41) is 21.0. The fraction of sp³-hybridized carbons (Fsp3) is 0.417. The Kier molecular flexibility index (Phi) is 5.30. The maximum atomic E-state index is 8.96. The van der Waals surface area contributed by atoms with Crippen LogP contribution < -0.4 is 5.32 Å². The summed E-state index contributed by atoms with van der Waals surface area (Å²) in [4.78, 5) is 0. The van der Waals surface area contributed by atoms with Crippen molar-refractivity contribution in [3.63, 3.8) is 0 Å². The third-order valence-electron chi connectivity index (χ3n) is 2.36. The lowest BCUT2D eigenvalue weighted by molar-refractivity contribution is 0.266. The summed E-state index contributed by atoms with van der Waals surface area (Å²) in [7, 11) is 0. The van der Waals surface area contributed by atoms with Crippen LogP contribution in [0.3, 0.4) is 0 Å². The first-order valence-electron chi connectivity index (χ1n) is 5.21. The predicted molar refractivity (Wildman–Crippen MR) is 68.2 cm³/mol. The molecular formula is C12H15BrN2O. The first-order chi connectivity index (χ1) is 7.67. The number of halogens is 1. The van der Waals surface area contributed by atoms with Crippen LogP contribution in [0.4, 0.5) is 5.69 Å². The fourth-order valence-corrected chi connectivity index (χ4v) is 1.73. The van der Waals surface area contributed by atoms with Gasteiger partial charge in [0.1, 0.15) is 6.07 Å². The lowest BCUT2D eigenvalue weighted by atomic mass is 10.1. The number of rotatable bonds is 5. The number of hydrogen-bond donors (Lipinski definition) is 2. The van der Waals surface area contributed by atoms with Gasteiger partial charge in [-0.25, -0.2) is 0 Å². The van der Waals surface area contributed by atoms with E-state index < -0.39 is 0 Å². The highest BCUT2D eigenvalue weighted by molar-refractivity contribution is 9.10. The van der Waals surface area contributed by atoms with Crippen LogP contribution in [0.1, 0.15) is 18.9 Å². The van der Waals surface area contributed by atoms with E-state index in [0.29, 0.717) is 11.5 Å². The first kappa shape index (κ1) is 13.0. The molecule has 0 bridgehead atoms. The summed E-state index contributed by atoms with van der Waals surface area (Å²) in [5.74, 6) is 0.389. The molecular weight excluding hydrogens is 268 g/mol. The van der Waals surface area contributed by atoms with Crippen molar-refractivity contribution in [1.82, 2.24) is 0 Å². The molecule has 86 valence electrons. The van der Waals surface area contributed by atoms with Crippen molar-refractivity contribution in [3.8, 4) is 6.07 Å². The number of nitriles is 1. The van der Waals surface area contributed by atoms with Crippen LogP contribution in [0.2, 0.25) is 0 Å². The van der Waals surface area contributed by atoms with Crippen molar-refractivity contribution in [3.05, 3.63) is 28.2 Å². The second-order valence-corrected chi connectivity index (χ2v) is 4.72. The molecule has 0 spiro atoms. The van der Waals surface area contributed by atoms with Crippen LogP contribution in [0.15, 0.2) is 22.7 Å². The average molecular weight is 283 g/mol. The van der Waals surface area contributed by atoms with Crippen molar-refractivity contribution in [2.75, 3.05) is 18.5 Å². The molecule has 0 fully saturated rings. The van der Waals surface area contributed by atoms with Crippen LogP contribution >= 0.6 is 15.9 Å². The second-order valence-electron chi connectivity index (χ2n) is 3.80. The van der Waals surface area contributed by atoms with Gasteiger partial charge in [0.05, 0.1) is 11.3 Å². The van der Waals surface area contributed by atoms with Crippen molar-refractivity contribution < 1.29 is 5.11 Å². The van der Waals surface area contributed by atoms with E-state index in [1.807, 2.05) is 12.1 Å². The Bertz CT molecular complexity index is 387. The minimum Gasteiger partial charge on any atom is -0.396 e. The van der Waals surface area contributed by atoms with E-state index in [-0.39, 0.29) is 6.61 Å². The van der Waals surface area contributed by atoms with Gasteiger partial charge >= 0.3 is 0 Å². The smallest absolute Gasteiger partial charge is 0.101 e. The SMILES string of the molecule is C[C@H](CCO)CNc1ccc(Br)cc1C#N. The van der Waals surface area contributed by atoms with E-state index in [1.54, 1.807) is 6.07 Å². The molecule has 0 unspecified atom stereocenters. The summed E-state index contributed by atoms with van der Waals surface area (Å²) < 4.78 is 0.901. The molecule has 0 aliphatic heterocycles. The lowest BCUT2D eigenvalue weighted by Gasteiger charge is -2.13. The second kappa shape index (κ2) is 6.51. The van der Waals surface area contributed by atoms with Gasteiger partial charge in [-0.2, -0.15) is 5.26 Å². The Hall–Kier alpha value is -1.05. The third kappa shape index (κ3) is 3.84. The first-order valence-corrected chi connectivity index (χ1v) is 6.01. The summed E-state index contributed by atoms with van der Waals surface area (Å²) in [6.07, 6.45) is 0.769. The van der Waals surface area contributed by atoms with E-state index in [9.17, 15) is 0 Å². The van der Waals surface area contributed by atoms with Crippen LogP contribution in [0.25, 0.3) is 0 Å². The molecule has 0 heterocycles. The highest BCUT2D eigenvalue weighted by Crippen LogP contribution is 2.20. The van der Waals surface area contributed by atoms with Gasteiger partial charge < -0.3 is 10.4 Å². The lowest BCUT2D eigenvalue weighted by Crippen LogP contribution is -2.13. The van der Waals surface area contributed by atoms with Crippen molar-refractivity contribution in [2.24, 2.45) is 5.92 Å². The Morgan fingerprint density at radius 2 is 2.31 bits per heavy atom. The van der Waals surface area contributed by atoms with E-state index in [0.717, 1.165) is 23.1 Å². The zero-order chi connectivity index (χ0) is 12.0. The Morgan fingerprint density at radius 1 is 1.56 bits per heavy atom. The molecule has 1 aromatic carbocycles. The van der Waals surface area contributed by atoms with Gasteiger partial charge in [-0.3, -0.25) is 0 Å². The standard InChI is InChI=1S/C12H15BrN2O/c1-9(4-5-16)8-15-12-3-2-11(13)6-10(12)7-14/h2-3,6,9,15-16H,4-5,8H2,1H3/t9-/m1/s1. The van der Waals surface area contributed by atoms with E-state index >= 15 is 0 Å². The quantitative estimate of drug-likeness (QED) is 0.873. The average Bonchev–Trinajstić information content (AvgIpc) is 2.27. The number of aliphatic hydroxyl groups excluding tert-OH is 1. The Balaban J connectivity index is 2.64. The van der Waals surface area contributed by atoms with E-state index in [1.165, 1.54) is 0 Å². The minimum absolute atomic E-state index is 0.203. The molecule has 0 saturated heterocycles. The predicted octanol–water partition coefficient (Wildman–Crippen LogP) is 2.75. The fourth-order valence-electron chi connectivity index (χ4n) is 1.37. The van der Waals surface area contributed by atoms with Gasteiger partial charge in [0.2, 0.25) is 0 Å². The zero-order valence-corrected chi connectivity index (χ0v) is 10.8. The number of nitrogens with one attached hydrogen (secondary N) is 1. The maximum absolute atomic E-state index is 8.96. The molecule has 16 heavy (non-hydrogen) atoms. The van der Waals surface area contributed by atoms with Gasteiger partial charge in [0.25, 0.3) is 0 Å². The summed E-state index contributed by atoms with van der Waals surface area (Å²) >= 11 is 3.33. The topological polar surface area (TPSA) is 56.0 Å². The number of anilines is 1. The van der Waals surface area contributed by atoms with Gasteiger partial charge in [0, 0.05) is 17.6 Å². The largest absolute Gasteiger partial charge is 0.396 e.